The molecule has 0 aliphatic heterocycles. The Balaban J connectivity index is 1.41. The summed E-state index contributed by atoms with van der Waals surface area (Å²) in [6, 6.07) is 3.27. The molecule has 0 heterocycles. The molecule has 0 spiro atoms. The molecule has 158 valence electrons. The van der Waals surface area contributed by atoms with E-state index in [1.807, 2.05) is 6.92 Å². The Hall–Kier alpha value is -1.12. The van der Waals surface area contributed by atoms with Crippen LogP contribution in [0, 0.1) is 29.4 Å². The van der Waals surface area contributed by atoms with Crippen molar-refractivity contribution in [1.82, 2.24) is 0 Å². The minimum Gasteiger partial charge on any atom is -0.491 e. The fourth-order valence-electron chi connectivity index (χ4n) is 5.62. The summed E-state index contributed by atoms with van der Waals surface area (Å²) in [6.07, 6.45) is 16.1. The van der Waals surface area contributed by atoms with E-state index in [0.29, 0.717) is 12.2 Å². The molecule has 2 aliphatic rings. The van der Waals surface area contributed by atoms with Crippen molar-refractivity contribution in [2.24, 2.45) is 17.8 Å². The summed E-state index contributed by atoms with van der Waals surface area (Å²) in [6.45, 7) is 4.13. The monoisotopic (exact) mass is 392 g/mol. The second-order valence-electron chi connectivity index (χ2n) is 9.22. The second-order valence-corrected chi connectivity index (χ2v) is 9.22. The summed E-state index contributed by atoms with van der Waals surface area (Å²) in [5.41, 5.74) is 0.488. The van der Waals surface area contributed by atoms with E-state index in [4.69, 9.17) is 4.74 Å². The number of ether oxygens (including phenoxy) is 1. The molecule has 0 N–H and O–H groups in total. The fraction of sp³-hybridized carbons (Fsp3) is 0.760. The van der Waals surface area contributed by atoms with Crippen LogP contribution >= 0.6 is 0 Å². The standard InChI is InChI=1S/C25H38F2O/c1-3-28-23-17-16-22(24(26)25(23)27)18(2)8-7-9-19-12-14-21(15-13-19)20-10-5-4-6-11-20/h16-21H,3-15H2,1-2H3. The molecule has 1 nitrogen and oxygen atoms in total. The SMILES string of the molecule is CCOc1ccc(C(C)CCCC2CCC(C3CCCCC3)CC2)c(F)c1F. The molecule has 3 heteroatoms. The highest BCUT2D eigenvalue weighted by Crippen LogP contribution is 2.41. The van der Waals surface area contributed by atoms with Gasteiger partial charge in [-0.05, 0) is 61.5 Å². The molecule has 0 saturated heterocycles. The van der Waals surface area contributed by atoms with Crippen molar-refractivity contribution in [3.05, 3.63) is 29.3 Å². The topological polar surface area (TPSA) is 9.23 Å². The Kier molecular flexibility index (Phi) is 8.17. The van der Waals surface area contributed by atoms with Gasteiger partial charge in [-0.15, -0.1) is 0 Å². The normalized spacial score (nSPS) is 24.9. The molecule has 1 aromatic carbocycles. The van der Waals surface area contributed by atoms with Crippen LogP contribution in [-0.4, -0.2) is 6.61 Å². The van der Waals surface area contributed by atoms with Crippen molar-refractivity contribution in [3.63, 3.8) is 0 Å². The number of hydrogen-bond acceptors (Lipinski definition) is 1. The molecular formula is C25H38F2O. The molecule has 0 radical (unpaired) electrons. The maximum absolute atomic E-state index is 14.4. The highest BCUT2D eigenvalue weighted by atomic mass is 19.2. The summed E-state index contributed by atoms with van der Waals surface area (Å²) in [5.74, 6) is 1.32. The van der Waals surface area contributed by atoms with Gasteiger partial charge in [-0.1, -0.05) is 70.8 Å². The Morgan fingerprint density at radius 2 is 1.61 bits per heavy atom. The summed E-state index contributed by atoms with van der Waals surface area (Å²) in [5, 5.41) is 0. The van der Waals surface area contributed by atoms with Crippen LogP contribution in [0.4, 0.5) is 8.78 Å². The maximum Gasteiger partial charge on any atom is 0.200 e. The van der Waals surface area contributed by atoms with Gasteiger partial charge < -0.3 is 4.74 Å². The lowest BCUT2D eigenvalue weighted by Crippen LogP contribution is -2.23. The third-order valence-corrected chi connectivity index (χ3v) is 7.36. The Morgan fingerprint density at radius 1 is 0.929 bits per heavy atom. The Bertz CT molecular complexity index is 601. The van der Waals surface area contributed by atoms with Crippen molar-refractivity contribution < 1.29 is 13.5 Å². The van der Waals surface area contributed by atoms with Crippen LogP contribution in [0.5, 0.6) is 5.75 Å². The quantitative estimate of drug-likeness (QED) is 0.435. The van der Waals surface area contributed by atoms with Gasteiger partial charge in [0.25, 0.3) is 0 Å². The molecular weight excluding hydrogens is 354 g/mol. The van der Waals surface area contributed by atoms with Gasteiger partial charge in [0.2, 0.25) is 5.82 Å². The lowest BCUT2D eigenvalue weighted by atomic mass is 9.70. The Morgan fingerprint density at radius 3 is 2.29 bits per heavy atom. The van der Waals surface area contributed by atoms with E-state index >= 15 is 0 Å². The van der Waals surface area contributed by atoms with Gasteiger partial charge in [-0.25, -0.2) is 4.39 Å². The minimum atomic E-state index is -0.841. The van der Waals surface area contributed by atoms with Crippen molar-refractivity contribution in [2.75, 3.05) is 6.61 Å². The number of rotatable bonds is 8. The fourth-order valence-corrected chi connectivity index (χ4v) is 5.62. The van der Waals surface area contributed by atoms with E-state index in [0.717, 1.165) is 30.6 Å². The Labute approximate surface area is 170 Å². The van der Waals surface area contributed by atoms with E-state index in [9.17, 15) is 8.78 Å². The van der Waals surface area contributed by atoms with Crippen molar-refractivity contribution >= 4 is 0 Å². The predicted octanol–water partition coefficient (Wildman–Crippen LogP) is 8.02. The van der Waals surface area contributed by atoms with E-state index < -0.39 is 11.6 Å². The van der Waals surface area contributed by atoms with Crippen LogP contribution in [0.25, 0.3) is 0 Å². The first-order valence-electron chi connectivity index (χ1n) is 11.7. The number of hydrogen-bond donors (Lipinski definition) is 0. The third-order valence-electron chi connectivity index (χ3n) is 7.36. The molecule has 2 saturated carbocycles. The largest absolute Gasteiger partial charge is 0.491 e. The van der Waals surface area contributed by atoms with Gasteiger partial charge in [0, 0.05) is 0 Å². The zero-order valence-electron chi connectivity index (χ0n) is 17.8. The van der Waals surface area contributed by atoms with Crippen LogP contribution in [-0.2, 0) is 0 Å². The first-order valence-corrected chi connectivity index (χ1v) is 11.7. The minimum absolute atomic E-state index is 0.0191. The molecule has 1 atom stereocenters. The van der Waals surface area contributed by atoms with E-state index in [1.54, 1.807) is 19.1 Å². The van der Waals surface area contributed by atoms with Crippen molar-refractivity contribution in [2.45, 2.75) is 96.8 Å². The summed E-state index contributed by atoms with van der Waals surface area (Å²) < 4.78 is 33.6. The zero-order valence-corrected chi connectivity index (χ0v) is 17.8. The van der Waals surface area contributed by atoms with Crippen LogP contribution in [0.2, 0.25) is 0 Å². The summed E-state index contributed by atoms with van der Waals surface area (Å²) in [7, 11) is 0. The number of halogens is 2. The van der Waals surface area contributed by atoms with E-state index in [-0.39, 0.29) is 11.7 Å². The van der Waals surface area contributed by atoms with Crippen LogP contribution in [0.1, 0.15) is 102 Å². The molecule has 2 fully saturated rings. The highest BCUT2D eigenvalue weighted by molar-refractivity contribution is 5.32. The van der Waals surface area contributed by atoms with Gasteiger partial charge >= 0.3 is 0 Å². The predicted molar refractivity (Wildman–Crippen MR) is 112 cm³/mol. The summed E-state index contributed by atoms with van der Waals surface area (Å²) in [4.78, 5) is 0. The lowest BCUT2D eigenvalue weighted by molar-refractivity contribution is 0.162. The molecule has 3 rings (SSSR count). The molecule has 2 aliphatic carbocycles. The van der Waals surface area contributed by atoms with Gasteiger partial charge in [-0.3, -0.25) is 0 Å². The molecule has 28 heavy (non-hydrogen) atoms. The highest BCUT2D eigenvalue weighted by Gasteiger charge is 2.28. The van der Waals surface area contributed by atoms with Gasteiger partial charge in [0.15, 0.2) is 11.6 Å². The molecule has 0 bridgehead atoms. The zero-order chi connectivity index (χ0) is 19.9. The lowest BCUT2D eigenvalue weighted by Gasteiger charge is -2.36. The van der Waals surface area contributed by atoms with Crippen LogP contribution < -0.4 is 4.74 Å². The third kappa shape index (κ3) is 5.48. The molecule has 0 aromatic heterocycles. The van der Waals surface area contributed by atoms with E-state index in [1.165, 1.54) is 64.2 Å². The first-order chi connectivity index (χ1) is 13.6. The second kappa shape index (κ2) is 10.6. The summed E-state index contributed by atoms with van der Waals surface area (Å²) >= 11 is 0. The maximum atomic E-state index is 14.4. The average Bonchev–Trinajstić information content (AvgIpc) is 2.73. The average molecular weight is 393 g/mol. The van der Waals surface area contributed by atoms with Gasteiger partial charge in [0.05, 0.1) is 6.61 Å². The van der Waals surface area contributed by atoms with E-state index in [2.05, 4.69) is 0 Å². The van der Waals surface area contributed by atoms with Crippen molar-refractivity contribution in [3.8, 4) is 5.75 Å². The molecule has 1 unspecified atom stereocenters. The first kappa shape index (κ1) is 21.6. The molecule has 1 aromatic rings. The van der Waals surface area contributed by atoms with Crippen LogP contribution in [0.15, 0.2) is 12.1 Å². The van der Waals surface area contributed by atoms with Gasteiger partial charge in [-0.2, -0.15) is 4.39 Å². The molecule has 0 amide bonds. The smallest absolute Gasteiger partial charge is 0.200 e. The van der Waals surface area contributed by atoms with Crippen LogP contribution in [0.3, 0.4) is 0 Å². The van der Waals surface area contributed by atoms with Gasteiger partial charge in [0.1, 0.15) is 0 Å². The van der Waals surface area contributed by atoms with Crippen molar-refractivity contribution in [1.29, 1.82) is 0 Å². The number of benzene rings is 1.